The van der Waals surface area contributed by atoms with Gasteiger partial charge in [-0.3, -0.25) is 4.79 Å². The average Bonchev–Trinajstić information content (AvgIpc) is 2.96. The van der Waals surface area contributed by atoms with Crippen LogP contribution in [0.25, 0.3) is 6.08 Å². The highest BCUT2D eigenvalue weighted by Gasteiger charge is 2.17. The van der Waals surface area contributed by atoms with Crippen LogP contribution in [0.5, 0.6) is 17.2 Å². The van der Waals surface area contributed by atoms with E-state index in [1.54, 1.807) is 6.08 Å². The monoisotopic (exact) mass is 536 g/mol. The molecule has 0 aliphatic carbocycles. The second kappa shape index (κ2) is 20.2. The summed E-state index contributed by atoms with van der Waals surface area (Å²) in [5.74, 6) is 1.91. The number of allylic oxidation sites excluding steroid dienone is 1. The molecule has 0 N–H and O–H groups in total. The molecule has 0 heterocycles. The standard InChI is InChI=1S/C35H52O4/c1-5-9-12-15-25-37-32-24-21-29(8-4)28-30(32)22-23-31(36)35-33(38-26-16-13-10-6-2)19-18-20-34(35)39-27-17-14-11-7-3/h18-24,28H,5-17,25-27H2,1-4H3. The van der Waals surface area contributed by atoms with E-state index < -0.39 is 0 Å². The first-order valence-corrected chi connectivity index (χ1v) is 15.5. The van der Waals surface area contributed by atoms with E-state index in [9.17, 15) is 4.79 Å². The number of rotatable bonds is 22. The van der Waals surface area contributed by atoms with Crippen molar-refractivity contribution in [2.24, 2.45) is 0 Å². The number of benzene rings is 2. The van der Waals surface area contributed by atoms with Gasteiger partial charge in [0.15, 0.2) is 5.78 Å². The van der Waals surface area contributed by atoms with Crippen LogP contribution in [-0.4, -0.2) is 25.6 Å². The Morgan fingerprint density at radius 3 is 1.64 bits per heavy atom. The first kappa shape index (κ1) is 32.5. The Kier molecular flexibility index (Phi) is 16.8. The van der Waals surface area contributed by atoms with Crippen LogP contribution in [0.1, 0.15) is 126 Å². The van der Waals surface area contributed by atoms with E-state index >= 15 is 0 Å². The molecule has 216 valence electrons. The molecule has 0 aliphatic heterocycles. The minimum Gasteiger partial charge on any atom is -0.493 e. The minimum atomic E-state index is -0.112. The summed E-state index contributed by atoms with van der Waals surface area (Å²) in [6.07, 6.45) is 18.0. The zero-order valence-electron chi connectivity index (χ0n) is 25.1. The molecule has 0 atom stereocenters. The molecule has 0 spiro atoms. The summed E-state index contributed by atoms with van der Waals surface area (Å²) in [4.78, 5) is 13.6. The molecule has 2 rings (SSSR count). The van der Waals surface area contributed by atoms with Gasteiger partial charge in [0.25, 0.3) is 0 Å². The van der Waals surface area contributed by atoms with Gasteiger partial charge >= 0.3 is 0 Å². The molecule has 0 amide bonds. The maximum Gasteiger partial charge on any atom is 0.193 e. The molecule has 39 heavy (non-hydrogen) atoms. The van der Waals surface area contributed by atoms with E-state index in [4.69, 9.17) is 14.2 Å². The third-order valence-corrected chi connectivity index (χ3v) is 6.90. The van der Waals surface area contributed by atoms with Gasteiger partial charge in [0.2, 0.25) is 0 Å². The van der Waals surface area contributed by atoms with Crippen molar-refractivity contribution in [3.8, 4) is 17.2 Å². The quantitative estimate of drug-likeness (QED) is 0.0853. The molecule has 0 saturated carbocycles. The zero-order valence-corrected chi connectivity index (χ0v) is 25.1. The van der Waals surface area contributed by atoms with E-state index in [0.29, 0.717) is 36.9 Å². The number of carbonyl (C=O) groups is 1. The van der Waals surface area contributed by atoms with Gasteiger partial charge in [0.1, 0.15) is 22.8 Å². The minimum absolute atomic E-state index is 0.112. The van der Waals surface area contributed by atoms with Crippen LogP contribution < -0.4 is 14.2 Å². The Hall–Kier alpha value is -2.75. The summed E-state index contributed by atoms with van der Waals surface area (Å²) in [5, 5.41) is 0. The van der Waals surface area contributed by atoms with Gasteiger partial charge in [-0.05, 0) is 67.7 Å². The number of unbranched alkanes of at least 4 members (excludes halogenated alkanes) is 9. The van der Waals surface area contributed by atoms with Gasteiger partial charge in [0.05, 0.1) is 19.8 Å². The lowest BCUT2D eigenvalue weighted by molar-refractivity contribution is 0.103. The highest BCUT2D eigenvalue weighted by atomic mass is 16.5. The van der Waals surface area contributed by atoms with Gasteiger partial charge in [0, 0.05) is 5.56 Å². The summed E-state index contributed by atoms with van der Waals surface area (Å²) in [5.41, 5.74) is 2.65. The molecular formula is C35H52O4. The Bertz CT molecular complexity index is 946. The van der Waals surface area contributed by atoms with Crippen molar-refractivity contribution in [2.45, 2.75) is 111 Å². The van der Waals surface area contributed by atoms with Gasteiger partial charge in [-0.15, -0.1) is 0 Å². The van der Waals surface area contributed by atoms with Crippen molar-refractivity contribution in [1.82, 2.24) is 0 Å². The maximum absolute atomic E-state index is 13.6. The van der Waals surface area contributed by atoms with E-state index in [2.05, 4.69) is 39.8 Å². The van der Waals surface area contributed by atoms with Crippen molar-refractivity contribution in [3.63, 3.8) is 0 Å². The van der Waals surface area contributed by atoms with Crippen LogP contribution in [0, 0.1) is 0 Å². The van der Waals surface area contributed by atoms with Gasteiger partial charge in [-0.2, -0.15) is 0 Å². The molecular weight excluding hydrogens is 484 g/mol. The lowest BCUT2D eigenvalue weighted by Gasteiger charge is -2.15. The summed E-state index contributed by atoms with van der Waals surface area (Å²) in [7, 11) is 0. The molecule has 0 saturated heterocycles. The fourth-order valence-electron chi connectivity index (χ4n) is 4.46. The molecule has 2 aromatic carbocycles. The zero-order chi connectivity index (χ0) is 28.1. The van der Waals surface area contributed by atoms with Crippen molar-refractivity contribution >= 4 is 11.9 Å². The second-order valence-electron chi connectivity index (χ2n) is 10.3. The van der Waals surface area contributed by atoms with E-state index in [1.807, 2.05) is 30.3 Å². The SMILES string of the molecule is CCCCCCOc1ccc(CC)cc1C=CC(=O)c1c(OCCCCCC)cccc1OCCCCCC. The predicted molar refractivity (Wildman–Crippen MR) is 165 cm³/mol. The van der Waals surface area contributed by atoms with Crippen LogP contribution in [-0.2, 0) is 6.42 Å². The molecule has 0 bridgehead atoms. The summed E-state index contributed by atoms with van der Waals surface area (Å²) < 4.78 is 18.4. The molecule has 0 aromatic heterocycles. The van der Waals surface area contributed by atoms with Crippen molar-refractivity contribution in [1.29, 1.82) is 0 Å². The van der Waals surface area contributed by atoms with Crippen LogP contribution in [0.15, 0.2) is 42.5 Å². The number of hydrogen-bond donors (Lipinski definition) is 0. The second-order valence-corrected chi connectivity index (χ2v) is 10.3. The molecule has 0 fully saturated rings. The molecule has 0 radical (unpaired) electrons. The normalized spacial score (nSPS) is 11.2. The number of aryl methyl sites for hydroxylation is 1. The summed E-state index contributed by atoms with van der Waals surface area (Å²) in [6, 6.07) is 11.9. The predicted octanol–water partition coefficient (Wildman–Crippen LogP) is 10.0. The molecule has 2 aromatic rings. The van der Waals surface area contributed by atoms with Crippen LogP contribution >= 0.6 is 0 Å². The fourth-order valence-corrected chi connectivity index (χ4v) is 4.46. The Labute approximate surface area is 238 Å². The Morgan fingerprint density at radius 1 is 0.641 bits per heavy atom. The lowest BCUT2D eigenvalue weighted by Crippen LogP contribution is -2.08. The average molecular weight is 537 g/mol. The molecule has 4 nitrogen and oxygen atoms in total. The summed E-state index contributed by atoms with van der Waals surface area (Å²) in [6.45, 7) is 10.6. The number of hydrogen-bond acceptors (Lipinski definition) is 4. The van der Waals surface area contributed by atoms with Gasteiger partial charge < -0.3 is 14.2 Å². The van der Waals surface area contributed by atoms with E-state index in [1.165, 1.54) is 50.5 Å². The van der Waals surface area contributed by atoms with Crippen LogP contribution in [0.2, 0.25) is 0 Å². The highest BCUT2D eigenvalue weighted by molar-refractivity contribution is 6.10. The molecule has 0 aliphatic rings. The van der Waals surface area contributed by atoms with Crippen LogP contribution in [0.3, 0.4) is 0 Å². The van der Waals surface area contributed by atoms with E-state index in [0.717, 1.165) is 49.8 Å². The number of ether oxygens (including phenoxy) is 3. The van der Waals surface area contributed by atoms with Crippen molar-refractivity contribution < 1.29 is 19.0 Å². The van der Waals surface area contributed by atoms with Gasteiger partial charge in [-0.1, -0.05) is 97.6 Å². The third kappa shape index (κ3) is 12.3. The lowest BCUT2D eigenvalue weighted by atomic mass is 10.0. The fraction of sp³-hybridized carbons (Fsp3) is 0.571. The molecule has 0 unspecified atom stereocenters. The highest BCUT2D eigenvalue weighted by Crippen LogP contribution is 2.31. The smallest absolute Gasteiger partial charge is 0.193 e. The van der Waals surface area contributed by atoms with Gasteiger partial charge in [-0.25, -0.2) is 0 Å². The Balaban J connectivity index is 2.24. The van der Waals surface area contributed by atoms with Crippen molar-refractivity contribution in [3.05, 3.63) is 59.2 Å². The first-order valence-electron chi connectivity index (χ1n) is 15.5. The Morgan fingerprint density at radius 2 is 1.15 bits per heavy atom. The number of ketones is 1. The third-order valence-electron chi connectivity index (χ3n) is 6.90. The topological polar surface area (TPSA) is 44.8 Å². The van der Waals surface area contributed by atoms with E-state index in [-0.39, 0.29) is 5.78 Å². The molecule has 4 heteroatoms. The van der Waals surface area contributed by atoms with Crippen molar-refractivity contribution in [2.75, 3.05) is 19.8 Å². The first-order chi connectivity index (χ1) is 19.1. The largest absolute Gasteiger partial charge is 0.493 e. The maximum atomic E-state index is 13.6. The van der Waals surface area contributed by atoms with Crippen LogP contribution in [0.4, 0.5) is 0 Å². The summed E-state index contributed by atoms with van der Waals surface area (Å²) >= 11 is 0. The number of carbonyl (C=O) groups excluding carboxylic acids is 1.